The van der Waals surface area contributed by atoms with Crippen LogP contribution in [0.3, 0.4) is 0 Å². The first-order valence-corrected chi connectivity index (χ1v) is 19.4. The van der Waals surface area contributed by atoms with Gasteiger partial charge >= 0.3 is 35.6 Å². The van der Waals surface area contributed by atoms with Gasteiger partial charge in [-0.1, -0.05) is 87.8 Å². The van der Waals surface area contributed by atoms with Crippen LogP contribution in [-0.2, 0) is 17.0 Å². The second-order valence-electron chi connectivity index (χ2n) is 7.67. The van der Waals surface area contributed by atoms with Crippen LogP contribution in [0.4, 0.5) is 11.4 Å². The molecule has 0 atom stereocenters. The van der Waals surface area contributed by atoms with Gasteiger partial charge in [0.1, 0.15) is 0 Å². The van der Waals surface area contributed by atoms with Crippen molar-refractivity contribution in [2.75, 3.05) is 0 Å². The van der Waals surface area contributed by atoms with E-state index in [0.717, 1.165) is 11.4 Å². The summed E-state index contributed by atoms with van der Waals surface area (Å²) in [6, 6.07) is 16.9. The van der Waals surface area contributed by atoms with Crippen molar-refractivity contribution in [2.45, 2.75) is 39.3 Å². The van der Waals surface area contributed by atoms with Gasteiger partial charge in [-0.25, -0.2) is 0 Å². The van der Waals surface area contributed by atoms with Crippen LogP contribution in [0.15, 0.2) is 48.5 Å². The van der Waals surface area contributed by atoms with E-state index in [0.29, 0.717) is 0 Å². The van der Waals surface area contributed by atoms with E-state index in [2.05, 4.69) is 87.8 Å². The quantitative estimate of drug-likeness (QED) is 0.414. The maximum absolute atomic E-state index is 5.01. The van der Waals surface area contributed by atoms with E-state index in [-0.39, 0.29) is 0 Å². The van der Waals surface area contributed by atoms with Crippen molar-refractivity contribution < 1.29 is 17.0 Å². The monoisotopic (exact) mass is 444 g/mol. The summed E-state index contributed by atoms with van der Waals surface area (Å²) >= 11 is -0.556. The summed E-state index contributed by atoms with van der Waals surface area (Å²) in [5.74, 6) is 0. The van der Waals surface area contributed by atoms with E-state index < -0.39 is 33.5 Å². The minimum atomic E-state index is -1.52. The summed E-state index contributed by atoms with van der Waals surface area (Å²) in [6.45, 7) is 13.6. The molecule has 2 nitrogen and oxygen atoms in total. The average Bonchev–Trinajstić information content (AvgIpc) is 2.46. The first-order valence-electron chi connectivity index (χ1n) is 8.18. The average molecular weight is 445 g/mol. The van der Waals surface area contributed by atoms with E-state index in [9.17, 15) is 0 Å². The van der Waals surface area contributed by atoms with Crippen molar-refractivity contribution in [3.63, 3.8) is 0 Å². The number of benzene rings is 2. The van der Waals surface area contributed by atoms with Gasteiger partial charge in [0, 0.05) is 0 Å². The zero-order valence-corrected chi connectivity index (χ0v) is 20.8. The summed E-state index contributed by atoms with van der Waals surface area (Å²) in [5.41, 5.74) is 4.59. The third-order valence-electron chi connectivity index (χ3n) is 3.01. The van der Waals surface area contributed by atoms with Crippen LogP contribution in [0.1, 0.15) is 0 Å². The minimum absolute atomic E-state index is 0.556. The third kappa shape index (κ3) is 8.80. The fourth-order valence-corrected chi connectivity index (χ4v) is 4.16. The molecule has 0 heterocycles. The van der Waals surface area contributed by atoms with Gasteiger partial charge < -0.3 is 9.96 Å². The van der Waals surface area contributed by atoms with Gasteiger partial charge in [-0.15, -0.1) is 11.4 Å². The Bertz CT molecular complexity index is 613. The van der Waals surface area contributed by atoms with Crippen molar-refractivity contribution in [2.24, 2.45) is 0 Å². The molecule has 2 aromatic rings. The van der Waals surface area contributed by atoms with Crippen molar-refractivity contribution in [1.82, 2.24) is 0 Å². The normalized spacial score (nSPS) is 11.2. The molecule has 7 heteroatoms. The SMILES string of the molecule is C[Si](C)(C)[N-]c1ccccc1-c1ccccc1[N-][Si](C)(C)C.[Cl][Ti][Cl]. The Morgan fingerprint density at radius 1 is 0.640 bits per heavy atom. The van der Waals surface area contributed by atoms with Gasteiger partial charge in [-0.3, -0.25) is 0 Å². The van der Waals surface area contributed by atoms with Crippen LogP contribution in [0, 0.1) is 0 Å². The first-order chi connectivity index (χ1) is 11.6. The zero-order valence-electron chi connectivity index (χ0n) is 15.8. The summed E-state index contributed by atoms with van der Waals surface area (Å²) in [7, 11) is 6.73. The Balaban J connectivity index is 0.000000970. The molecule has 0 amide bonds. The van der Waals surface area contributed by atoms with Crippen LogP contribution < -0.4 is 0 Å². The van der Waals surface area contributed by atoms with Crippen molar-refractivity contribution in [1.29, 1.82) is 0 Å². The van der Waals surface area contributed by atoms with Crippen LogP contribution in [0.25, 0.3) is 21.1 Å². The van der Waals surface area contributed by atoms with Crippen LogP contribution in [0.5, 0.6) is 0 Å². The summed E-state index contributed by atoms with van der Waals surface area (Å²) in [4.78, 5) is 10.0. The maximum atomic E-state index is 5.01. The van der Waals surface area contributed by atoms with Gasteiger partial charge in [0.2, 0.25) is 0 Å². The molecular formula is C18H26Cl2N2Si2Ti-2. The molecule has 2 rings (SSSR count). The third-order valence-corrected chi connectivity index (χ3v) is 4.83. The Morgan fingerprint density at radius 2 is 0.920 bits per heavy atom. The van der Waals surface area contributed by atoms with Gasteiger partial charge in [0.15, 0.2) is 0 Å². The molecule has 0 radical (unpaired) electrons. The molecule has 0 saturated carbocycles. The molecular weight excluding hydrogens is 419 g/mol. The number of halogens is 2. The van der Waals surface area contributed by atoms with E-state index in [1.807, 2.05) is 0 Å². The standard InChI is InChI=1S/C18H26N2Si2.2ClH.Ti/c1-21(2,3)19-17-13-9-7-11-15(17)16-12-8-10-14-18(16)20-22(4,5)6;;;/h7-14H,1-6H3;2*1H;/q-2;;;+2/p-2. The molecule has 0 saturated heterocycles. The molecule has 0 aliphatic rings. The molecule has 0 aliphatic heterocycles. The van der Waals surface area contributed by atoms with Gasteiger partial charge in [0.05, 0.1) is 0 Å². The zero-order chi connectivity index (χ0) is 19.1. The molecule has 136 valence electrons. The van der Waals surface area contributed by atoms with Crippen LogP contribution in [-0.4, -0.2) is 16.5 Å². The number of hydrogen-bond donors (Lipinski definition) is 0. The van der Waals surface area contributed by atoms with Gasteiger partial charge in [-0.2, -0.15) is 0 Å². The van der Waals surface area contributed by atoms with E-state index >= 15 is 0 Å². The Hall–Kier alpha value is -0.232. The fourth-order valence-electron chi connectivity index (χ4n) is 2.32. The predicted molar refractivity (Wildman–Crippen MR) is 116 cm³/mol. The van der Waals surface area contributed by atoms with Crippen molar-refractivity contribution in [3.05, 3.63) is 58.5 Å². The molecule has 0 fully saturated rings. The number of nitrogens with zero attached hydrogens (tertiary/aromatic N) is 2. The second kappa shape index (κ2) is 10.2. The second-order valence-corrected chi connectivity index (χ2v) is 19.4. The Morgan fingerprint density at radius 3 is 1.20 bits per heavy atom. The molecule has 0 N–H and O–H groups in total. The summed E-state index contributed by atoms with van der Waals surface area (Å²) < 4.78 is 0. The number of rotatable bonds is 5. The topological polar surface area (TPSA) is 28.2 Å². The molecule has 0 bridgehead atoms. The van der Waals surface area contributed by atoms with Gasteiger partial charge in [0.25, 0.3) is 0 Å². The van der Waals surface area contributed by atoms with Crippen LogP contribution in [0.2, 0.25) is 39.3 Å². The Labute approximate surface area is 171 Å². The predicted octanol–water partition coefficient (Wildman–Crippen LogP) is 8.41. The molecule has 0 aromatic heterocycles. The molecule has 0 spiro atoms. The van der Waals surface area contributed by atoms with Gasteiger partial charge in [-0.05, 0) is 27.6 Å². The van der Waals surface area contributed by atoms with Crippen LogP contribution >= 0.6 is 18.6 Å². The molecule has 25 heavy (non-hydrogen) atoms. The first kappa shape index (κ1) is 22.8. The number of hydrogen-bond acceptors (Lipinski definition) is 0. The van der Waals surface area contributed by atoms with Crippen molar-refractivity contribution in [3.8, 4) is 11.1 Å². The molecule has 0 unspecified atom stereocenters. The Kier molecular flexibility index (Phi) is 9.30. The summed E-state index contributed by atoms with van der Waals surface area (Å²) in [6.07, 6.45) is 0. The molecule has 0 aliphatic carbocycles. The summed E-state index contributed by atoms with van der Waals surface area (Å²) in [5, 5.41) is 0. The van der Waals surface area contributed by atoms with Crippen molar-refractivity contribution >= 4 is 46.5 Å². The molecule has 2 aromatic carbocycles. The van der Waals surface area contributed by atoms with E-state index in [1.165, 1.54) is 11.1 Å². The van der Waals surface area contributed by atoms with E-state index in [1.54, 1.807) is 0 Å². The fraction of sp³-hybridized carbons (Fsp3) is 0.333. The van der Waals surface area contributed by atoms with E-state index in [4.69, 9.17) is 28.6 Å².